The first-order chi connectivity index (χ1) is 8.56. The van der Waals surface area contributed by atoms with Gasteiger partial charge in [0.25, 0.3) is 0 Å². The van der Waals surface area contributed by atoms with Crippen LogP contribution in [0.5, 0.6) is 0 Å². The molecule has 0 amide bonds. The maximum Gasteiger partial charge on any atom is 0.0193 e. The monoisotopic (exact) mass is 245 g/mol. The van der Waals surface area contributed by atoms with Crippen LogP contribution >= 0.6 is 0 Å². The highest BCUT2D eigenvalue weighted by molar-refractivity contribution is 5.29. The maximum absolute atomic E-state index is 4.16. The fourth-order valence-corrected chi connectivity index (χ4v) is 2.45. The molecule has 0 spiro atoms. The van der Waals surface area contributed by atoms with Gasteiger partial charge in [-0.25, -0.2) is 0 Å². The lowest BCUT2D eigenvalue weighted by Gasteiger charge is -2.30. The van der Waals surface area contributed by atoms with E-state index < -0.39 is 0 Å². The van der Waals surface area contributed by atoms with Gasteiger partial charge in [0.1, 0.15) is 0 Å². The van der Waals surface area contributed by atoms with Gasteiger partial charge in [-0.3, -0.25) is 4.90 Å². The van der Waals surface area contributed by atoms with Crippen LogP contribution < -0.4 is 0 Å². The molecule has 1 aliphatic rings. The Morgan fingerprint density at radius 3 is 2.89 bits per heavy atom. The van der Waals surface area contributed by atoms with Crippen LogP contribution in [0.3, 0.4) is 0 Å². The Labute approximate surface area is 113 Å². The molecule has 0 saturated heterocycles. The van der Waals surface area contributed by atoms with Gasteiger partial charge in [0, 0.05) is 19.6 Å². The summed E-state index contributed by atoms with van der Waals surface area (Å²) in [5, 5.41) is 0. The predicted molar refractivity (Wildman–Crippen MR) is 81.7 cm³/mol. The van der Waals surface area contributed by atoms with E-state index in [1.165, 1.54) is 24.1 Å². The molecule has 0 aliphatic carbocycles. The average Bonchev–Trinajstić information content (AvgIpc) is 2.35. The van der Waals surface area contributed by atoms with Crippen molar-refractivity contribution < 1.29 is 0 Å². The second-order valence-corrected chi connectivity index (χ2v) is 5.33. The van der Waals surface area contributed by atoms with Crippen LogP contribution in [-0.2, 0) is 0 Å². The molecule has 1 atom stereocenters. The third kappa shape index (κ3) is 4.66. The topological polar surface area (TPSA) is 3.24 Å². The minimum atomic E-state index is 0.687. The van der Waals surface area contributed by atoms with Gasteiger partial charge in [-0.05, 0) is 31.3 Å². The molecule has 1 aliphatic heterocycles. The Morgan fingerprint density at radius 1 is 1.56 bits per heavy atom. The molecule has 18 heavy (non-hydrogen) atoms. The second kappa shape index (κ2) is 7.38. The van der Waals surface area contributed by atoms with Gasteiger partial charge >= 0.3 is 0 Å². The molecule has 0 aromatic carbocycles. The van der Waals surface area contributed by atoms with Crippen molar-refractivity contribution in [2.24, 2.45) is 5.92 Å². The SMILES string of the molecule is C=C/C=C(\C)C(=C)CCN1CC(CC)=C[C@@H](C)C1. The summed E-state index contributed by atoms with van der Waals surface area (Å²) < 4.78 is 0. The first-order valence-corrected chi connectivity index (χ1v) is 6.96. The van der Waals surface area contributed by atoms with Crippen LogP contribution in [-0.4, -0.2) is 24.5 Å². The molecule has 0 bridgehead atoms. The Kier molecular flexibility index (Phi) is 6.14. The predicted octanol–water partition coefficient (Wildman–Crippen LogP) is 4.35. The normalized spacial score (nSPS) is 21.6. The molecule has 0 aromatic rings. The van der Waals surface area contributed by atoms with Crippen LogP contribution in [0.2, 0.25) is 0 Å². The highest BCUT2D eigenvalue weighted by Gasteiger charge is 2.16. The summed E-state index contributed by atoms with van der Waals surface area (Å²) in [6.45, 7) is 18.0. The first-order valence-electron chi connectivity index (χ1n) is 6.96. The number of nitrogens with zero attached hydrogens (tertiary/aromatic N) is 1. The molecule has 0 saturated carbocycles. The van der Waals surface area contributed by atoms with Gasteiger partial charge in [-0.2, -0.15) is 0 Å². The van der Waals surface area contributed by atoms with E-state index in [9.17, 15) is 0 Å². The Morgan fingerprint density at radius 2 is 2.28 bits per heavy atom. The maximum atomic E-state index is 4.16. The molecule has 0 N–H and O–H groups in total. The number of rotatable bonds is 6. The summed E-state index contributed by atoms with van der Waals surface area (Å²) in [7, 11) is 0. The third-order valence-electron chi connectivity index (χ3n) is 3.60. The zero-order valence-corrected chi connectivity index (χ0v) is 12.2. The van der Waals surface area contributed by atoms with E-state index in [0.29, 0.717) is 5.92 Å². The van der Waals surface area contributed by atoms with Crippen molar-refractivity contribution in [1.82, 2.24) is 4.90 Å². The summed E-state index contributed by atoms with van der Waals surface area (Å²) >= 11 is 0. The summed E-state index contributed by atoms with van der Waals surface area (Å²) in [6.07, 6.45) is 8.55. The van der Waals surface area contributed by atoms with Crippen molar-refractivity contribution in [3.05, 3.63) is 48.1 Å². The van der Waals surface area contributed by atoms with Gasteiger partial charge in [0.2, 0.25) is 0 Å². The number of allylic oxidation sites excluding steroid dienone is 3. The highest BCUT2D eigenvalue weighted by atomic mass is 15.1. The van der Waals surface area contributed by atoms with Gasteiger partial charge in [0.15, 0.2) is 0 Å². The summed E-state index contributed by atoms with van der Waals surface area (Å²) in [5.74, 6) is 0.687. The van der Waals surface area contributed by atoms with Crippen LogP contribution in [0.1, 0.15) is 33.6 Å². The van der Waals surface area contributed by atoms with Crippen LogP contribution in [0.4, 0.5) is 0 Å². The standard InChI is InChI=1S/C17H27N/c1-6-8-15(4)16(5)9-10-18-12-14(3)11-17(7-2)13-18/h6,8,11,14H,1,5,7,9-10,12-13H2,2-4H3/b15-8+/t14-/m1/s1. The van der Waals surface area contributed by atoms with Crippen molar-refractivity contribution >= 4 is 0 Å². The fraction of sp³-hybridized carbons (Fsp3) is 0.529. The minimum Gasteiger partial charge on any atom is -0.299 e. The van der Waals surface area contributed by atoms with Gasteiger partial charge in [0.05, 0.1) is 0 Å². The van der Waals surface area contributed by atoms with Crippen molar-refractivity contribution in [2.75, 3.05) is 19.6 Å². The zero-order chi connectivity index (χ0) is 13.5. The Hall–Kier alpha value is -1.08. The Balaban J connectivity index is 2.45. The molecule has 0 aromatic heterocycles. The molecule has 0 unspecified atom stereocenters. The molecular weight excluding hydrogens is 218 g/mol. The lowest BCUT2D eigenvalue weighted by Crippen LogP contribution is -2.34. The third-order valence-corrected chi connectivity index (χ3v) is 3.60. The van der Waals surface area contributed by atoms with Crippen LogP contribution in [0.15, 0.2) is 48.1 Å². The van der Waals surface area contributed by atoms with Gasteiger partial charge in [-0.15, -0.1) is 0 Å². The molecular formula is C17H27N. The summed E-state index contributed by atoms with van der Waals surface area (Å²) in [6, 6.07) is 0. The smallest absolute Gasteiger partial charge is 0.0193 e. The molecule has 1 heteroatoms. The molecule has 0 fully saturated rings. The molecule has 1 rings (SSSR count). The van der Waals surface area contributed by atoms with Crippen LogP contribution in [0, 0.1) is 5.92 Å². The summed E-state index contributed by atoms with van der Waals surface area (Å²) in [4.78, 5) is 2.55. The van der Waals surface area contributed by atoms with E-state index in [1.54, 1.807) is 5.57 Å². The number of hydrogen-bond acceptors (Lipinski definition) is 1. The molecule has 100 valence electrons. The largest absolute Gasteiger partial charge is 0.299 e. The van der Waals surface area contributed by atoms with Crippen molar-refractivity contribution in [3.8, 4) is 0 Å². The van der Waals surface area contributed by atoms with E-state index in [4.69, 9.17) is 0 Å². The van der Waals surface area contributed by atoms with Crippen molar-refractivity contribution in [1.29, 1.82) is 0 Å². The lowest BCUT2D eigenvalue weighted by atomic mass is 9.99. The van der Waals surface area contributed by atoms with Crippen LogP contribution in [0.25, 0.3) is 0 Å². The second-order valence-electron chi connectivity index (χ2n) is 5.33. The van der Waals surface area contributed by atoms with Gasteiger partial charge < -0.3 is 0 Å². The Bertz CT molecular complexity index is 360. The van der Waals surface area contributed by atoms with E-state index >= 15 is 0 Å². The van der Waals surface area contributed by atoms with E-state index in [-0.39, 0.29) is 0 Å². The molecule has 1 nitrogen and oxygen atoms in total. The lowest BCUT2D eigenvalue weighted by molar-refractivity contribution is 0.259. The van der Waals surface area contributed by atoms with E-state index in [0.717, 1.165) is 19.5 Å². The van der Waals surface area contributed by atoms with Crippen molar-refractivity contribution in [2.45, 2.75) is 33.6 Å². The zero-order valence-electron chi connectivity index (χ0n) is 12.2. The molecule has 0 radical (unpaired) electrons. The van der Waals surface area contributed by atoms with Crippen molar-refractivity contribution in [3.63, 3.8) is 0 Å². The van der Waals surface area contributed by atoms with E-state index in [2.05, 4.69) is 44.9 Å². The fourth-order valence-electron chi connectivity index (χ4n) is 2.45. The highest BCUT2D eigenvalue weighted by Crippen LogP contribution is 2.19. The van der Waals surface area contributed by atoms with E-state index in [1.807, 2.05) is 12.2 Å². The average molecular weight is 245 g/mol. The quantitative estimate of drug-likeness (QED) is 0.496. The minimum absolute atomic E-state index is 0.687. The van der Waals surface area contributed by atoms with Gasteiger partial charge in [-0.1, -0.05) is 56.4 Å². The first kappa shape index (κ1) is 15.0. The number of hydrogen-bond donors (Lipinski definition) is 0. The molecule has 1 heterocycles. The summed E-state index contributed by atoms with van der Waals surface area (Å²) in [5.41, 5.74) is 4.06.